The minimum Gasteiger partial charge on any atom is -0.301 e. The highest BCUT2D eigenvalue weighted by molar-refractivity contribution is 7.99. The maximum absolute atomic E-state index is 12.9. The molecule has 0 aliphatic heterocycles. The SMILES string of the molecule is O=C(CSCc1ccccn1)Nc1nc(-c2ccc(F)cc2)cs1. The third-order valence-corrected chi connectivity index (χ3v) is 4.82. The smallest absolute Gasteiger partial charge is 0.236 e. The summed E-state index contributed by atoms with van der Waals surface area (Å²) in [5, 5.41) is 5.16. The van der Waals surface area contributed by atoms with Crippen molar-refractivity contribution in [2.75, 3.05) is 11.1 Å². The number of anilines is 1. The number of thiazole rings is 1. The van der Waals surface area contributed by atoms with Crippen LogP contribution >= 0.6 is 23.1 Å². The molecule has 7 heteroatoms. The Morgan fingerprint density at radius 1 is 1.21 bits per heavy atom. The second-order valence-corrected chi connectivity index (χ2v) is 6.75. The van der Waals surface area contributed by atoms with Crippen LogP contribution in [0.3, 0.4) is 0 Å². The van der Waals surface area contributed by atoms with E-state index in [0.717, 1.165) is 17.0 Å². The Balaban J connectivity index is 1.51. The number of rotatable bonds is 6. The van der Waals surface area contributed by atoms with Crippen LogP contribution in [0, 0.1) is 5.82 Å². The Labute approximate surface area is 147 Å². The lowest BCUT2D eigenvalue weighted by Crippen LogP contribution is -2.14. The number of aromatic nitrogens is 2. The summed E-state index contributed by atoms with van der Waals surface area (Å²) in [6, 6.07) is 11.8. The molecule has 0 saturated carbocycles. The number of hydrogen-bond acceptors (Lipinski definition) is 5. The lowest BCUT2D eigenvalue weighted by atomic mass is 10.2. The number of carbonyl (C=O) groups excluding carboxylic acids is 1. The molecular formula is C17H14FN3OS2. The number of carbonyl (C=O) groups is 1. The maximum atomic E-state index is 12.9. The van der Waals surface area contributed by atoms with Gasteiger partial charge >= 0.3 is 0 Å². The zero-order valence-corrected chi connectivity index (χ0v) is 14.2. The first-order valence-electron chi connectivity index (χ1n) is 7.20. The van der Waals surface area contributed by atoms with Gasteiger partial charge in [-0.1, -0.05) is 6.07 Å². The topological polar surface area (TPSA) is 54.9 Å². The van der Waals surface area contributed by atoms with Crippen LogP contribution in [-0.4, -0.2) is 21.6 Å². The average molecular weight is 359 g/mol. The van der Waals surface area contributed by atoms with Crippen LogP contribution in [0.25, 0.3) is 11.3 Å². The van der Waals surface area contributed by atoms with E-state index in [1.165, 1.54) is 35.2 Å². The van der Waals surface area contributed by atoms with E-state index in [4.69, 9.17) is 0 Å². The van der Waals surface area contributed by atoms with E-state index < -0.39 is 0 Å². The summed E-state index contributed by atoms with van der Waals surface area (Å²) in [5.41, 5.74) is 2.48. The van der Waals surface area contributed by atoms with Gasteiger partial charge in [-0.15, -0.1) is 23.1 Å². The van der Waals surface area contributed by atoms with E-state index in [2.05, 4.69) is 15.3 Å². The minimum atomic E-state index is -0.285. The van der Waals surface area contributed by atoms with E-state index in [-0.39, 0.29) is 11.7 Å². The summed E-state index contributed by atoms with van der Waals surface area (Å²) < 4.78 is 12.9. The predicted octanol–water partition coefficient (Wildman–Crippen LogP) is 4.22. The molecule has 0 aliphatic carbocycles. The standard InChI is InChI=1S/C17H14FN3OS2/c18-13-6-4-12(5-7-13)15-10-24-17(20-15)21-16(22)11-23-9-14-3-1-2-8-19-14/h1-8,10H,9,11H2,(H,20,21,22). The Kier molecular flexibility index (Phi) is 5.55. The van der Waals surface area contributed by atoms with Gasteiger partial charge in [-0.2, -0.15) is 0 Å². The van der Waals surface area contributed by atoms with Crippen molar-refractivity contribution in [1.29, 1.82) is 0 Å². The van der Waals surface area contributed by atoms with Gasteiger partial charge in [0.05, 0.1) is 17.1 Å². The Hall–Kier alpha value is -2.25. The van der Waals surface area contributed by atoms with Crippen molar-refractivity contribution in [2.24, 2.45) is 0 Å². The number of pyridine rings is 1. The number of nitrogens with one attached hydrogen (secondary N) is 1. The van der Waals surface area contributed by atoms with Crippen molar-refractivity contribution in [2.45, 2.75) is 5.75 Å². The van der Waals surface area contributed by atoms with Crippen LogP contribution in [0.15, 0.2) is 54.0 Å². The van der Waals surface area contributed by atoms with E-state index in [0.29, 0.717) is 16.6 Å². The zero-order chi connectivity index (χ0) is 16.8. The second kappa shape index (κ2) is 8.03. The van der Waals surface area contributed by atoms with Gasteiger partial charge in [0.25, 0.3) is 0 Å². The molecule has 0 saturated heterocycles. The molecule has 3 aromatic rings. The van der Waals surface area contributed by atoms with Gasteiger partial charge in [0, 0.05) is 22.9 Å². The lowest BCUT2D eigenvalue weighted by Gasteiger charge is -2.02. The van der Waals surface area contributed by atoms with Crippen molar-refractivity contribution in [3.63, 3.8) is 0 Å². The molecule has 0 atom stereocenters. The summed E-state index contributed by atoms with van der Waals surface area (Å²) >= 11 is 2.85. The highest BCUT2D eigenvalue weighted by Gasteiger charge is 2.08. The van der Waals surface area contributed by atoms with Gasteiger partial charge < -0.3 is 5.32 Å². The maximum Gasteiger partial charge on any atom is 0.236 e. The summed E-state index contributed by atoms with van der Waals surface area (Å²) in [4.78, 5) is 20.5. The van der Waals surface area contributed by atoms with Gasteiger partial charge in [-0.3, -0.25) is 9.78 Å². The van der Waals surface area contributed by atoms with Crippen molar-refractivity contribution in [3.05, 3.63) is 65.6 Å². The average Bonchev–Trinajstić information content (AvgIpc) is 3.05. The number of amides is 1. The molecule has 0 radical (unpaired) electrons. The fraction of sp³-hybridized carbons (Fsp3) is 0.118. The monoisotopic (exact) mass is 359 g/mol. The van der Waals surface area contributed by atoms with Crippen molar-refractivity contribution in [3.8, 4) is 11.3 Å². The van der Waals surface area contributed by atoms with Crippen molar-refractivity contribution < 1.29 is 9.18 Å². The molecule has 0 spiro atoms. The molecular weight excluding hydrogens is 345 g/mol. The number of hydrogen-bond donors (Lipinski definition) is 1. The number of benzene rings is 1. The number of halogens is 1. The zero-order valence-electron chi connectivity index (χ0n) is 12.6. The first kappa shape index (κ1) is 16.6. The Bertz CT molecular complexity index is 806. The molecule has 0 bridgehead atoms. The molecule has 2 heterocycles. The van der Waals surface area contributed by atoms with Crippen LogP contribution in [0.5, 0.6) is 0 Å². The fourth-order valence-corrected chi connectivity index (χ4v) is 3.45. The van der Waals surface area contributed by atoms with Crippen LogP contribution in [-0.2, 0) is 10.5 Å². The Morgan fingerprint density at radius 2 is 2.04 bits per heavy atom. The van der Waals surface area contributed by atoms with E-state index in [1.54, 1.807) is 18.3 Å². The fourth-order valence-electron chi connectivity index (χ4n) is 1.97. The highest BCUT2D eigenvalue weighted by Crippen LogP contribution is 2.25. The summed E-state index contributed by atoms with van der Waals surface area (Å²) in [5.74, 6) is 0.637. The normalized spacial score (nSPS) is 10.5. The first-order valence-corrected chi connectivity index (χ1v) is 9.23. The minimum absolute atomic E-state index is 0.101. The molecule has 4 nitrogen and oxygen atoms in total. The third kappa shape index (κ3) is 4.62. The van der Waals surface area contributed by atoms with Crippen LogP contribution in [0.2, 0.25) is 0 Å². The van der Waals surface area contributed by atoms with E-state index in [9.17, 15) is 9.18 Å². The van der Waals surface area contributed by atoms with Gasteiger partial charge in [0.2, 0.25) is 5.91 Å². The van der Waals surface area contributed by atoms with Gasteiger partial charge in [-0.05, 0) is 36.4 Å². The molecule has 0 unspecified atom stereocenters. The third-order valence-electron chi connectivity index (χ3n) is 3.10. The molecule has 1 aromatic carbocycles. The van der Waals surface area contributed by atoms with E-state index in [1.807, 2.05) is 23.6 Å². The molecule has 3 rings (SSSR count). The van der Waals surface area contributed by atoms with Crippen molar-refractivity contribution in [1.82, 2.24) is 9.97 Å². The van der Waals surface area contributed by atoms with E-state index >= 15 is 0 Å². The predicted molar refractivity (Wildman–Crippen MR) is 96.5 cm³/mol. The largest absolute Gasteiger partial charge is 0.301 e. The van der Waals surface area contributed by atoms with Gasteiger partial charge in [0.15, 0.2) is 5.13 Å². The van der Waals surface area contributed by atoms with Crippen LogP contribution in [0.1, 0.15) is 5.69 Å². The molecule has 1 amide bonds. The van der Waals surface area contributed by atoms with Crippen LogP contribution in [0.4, 0.5) is 9.52 Å². The summed E-state index contributed by atoms with van der Waals surface area (Å²) in [6.45, 7) is 0. The molecule has 0 aliphatic rings. The number of nitrogens with zero attached hydrogens (tertiary/aromatic N) is 2. The number of thioether (sulfide) groups is 1. The summed E-state index contributed by atoms with van der Waals surface area (Å²) in [7, 11) is 0. The lowest BCUT2D eigenvalue weighted by molar-refractivity contribution is -0.113. The molecule has 122 valence electrons. The van der Waals surface area contributed by atoms with Gasteiger partial charge in [0.1, 0.15) is 5.82 Å². The van der Waals surface area contributed by atoms with Crippen molar-refractivity contribution >= 4 is 34.1 Å². The first-order chi connectivity index (χ1) is 11.7. The molecule has 2 aromatic heterocycles. The second-order valence-electron chi connectivity index (χ2n) is 4.91. The van der Waals surface area contributed by atoms with Crippen LogP contribution < -0.4 is 5.32 Å². The summed E-state index contributed by atoms with van der Waals surface area (Å²) in [6.07, 6.45) is 1.74. The highest BCUT2D eigenvalue weighted by atomic mass is 32.2. The van der Waals surface area contributed by atoms with Gasteiger partial charge in [-0.25, -0.2) is 9.37 Å². The quantitative estimate of drug-likeness (QED) is 0.716. The molecule has 1 N–H and O–H groups in total. The molecule has 0 fully saturated rings. The Morgan fingerprint density at radius 3 is 2.79 bits per heavy atom. The molecule has 24 heavy (non-hydrogen) atoms.